The van der Waals surface area contributed by atoms with Gasteiger partial charge in [-0.3, -0.25) is 0 Å². The Labute approximate surface area is 179 Å². The van der Waals surface area contributed by atoms with Crippen LogP contribution in [0.25, 0.3) is 17.1 Å². The Kier molecular flexibility index (Phi) is 7.20. The van der Waals surface area contributed by atoms with Crippen molar-refractivity contribution in [1.29, 1.82) is 0 Å². The van der Waals surface area contributed by atoms with Crippen LogP contribution in [0.4, 0.5) is 14.6 Å². The molecule has 2 heterocycles. The van der Waals surface area contributed by atoms with E-state index in [0.29, 0.717) is 6.61 Å². The Morgan fingerprint density at radius 2 is 1.87 bits per heavy atom. The zero-order chi connectivity index (χ0) is 21.7. The molecule has 0 aliphatic carbocycles. The molecule has 0 spiro atoms. The van der Waals surface area contributed by atoms with Gasteiger partial charge in [0.15, 0.2) is 0 Å². The number of hydrogen-bond acceptors (Lipinski definition) is 5. The van der Waals surface area contributed by atoms with Gasteiger partial charge in [-0.15, -0.1) is 0 Å². The maximum atomic E-state index is 15.0. The largest absolute Gasteiger partial charge is 0.493 e. The van der Waals surface area contributed by atoms with Gasteiger partial charge < -0.3 is 10.1 Å². The normalized spacial score (nSPS) is 11.2. The average molecular weight is 436 g/mol. The maximum absolute atomic E-state index is 15.0. The second-order valence-corrected chi connectivity index (χ2v) is 7.46. The zero-order valence-electron chi connectivity index (χ0n) is 17.1. The van der Waals surface area contributed by atoms with Crippen LogP contribution in [-0.2, 0) is 0 Å². The summed E-state index contributed by atoms with van der Waals surface area (Å²) in [5.74, 6) is -1.07. The van der Waals surface area contributed by atoms with Crippen LogP contribution in [0.15, 0.2) is 30.6 Å². The Morgan fingerprint density at radius 1 is 1.13 bits per heavy atom. The minimum atomic E-state index is -0.801. The van der Waals surface area contributed by atoms with Crippen LogP contribution >= 0.6 is 11.6 Å². The molecule has 0 unspecified atom stereocenters. The summed E-state index contributed by atoms with van der Waals surface area (Å²) < 4.78 is 36.8. The first-order valence-electron chi connectivity index (χ1n) is 9.87. The van der Waals surface area contributed by atoms with Crippen LogP contribution in [0.3, 0.4) is 0 Å². The number of aromatic nitrogens is 4. The van der Waals surface area contributed by atoms with E-state index in [-0.39, 0.29) is 39.8 Å². The van der Waals surface area contributed by atoms with Crippen LogP contribution in [-0.4, -0.2) is 32.4 Å². The molecule has 6 nitrogen and oxygen atoms in total. The van der Waals surface area contributed by atoms with Crippen LogP contribution in [0.2, 0.25) is 5.15 Å². The van der Waals surface area contributed by atoms with E-state index < -0.39 is 11.6 Å². The third-order valence-corrected chi connectivity index (χ3v) is 4.54. The van der Waals surface area contributed by atoms with E-state index in [2.05, 4.69) is 27.3 Å². The van der Waals surface area contributed by atoms with Crippen LogP contribution < -0.4 is 10.1 Å². The molecule has 0 amide bonds. The number of anilines is 1. The Balaban J connectivity index is 2.03. The van der Waals surface area contributed by atoms with Gasteiger partial charge in [0.1, 0.15) is 28.4 Å². The number of rotatable bonds is 9. The molecule has 0 bridgehead atoms. The fourth-order valence-electron chi connectivity index (χ4n) is 2.93. The van der Waals surface area contributed by atoms with Crippen molar-refractivity contribution in [3.05, 3.63) is 47.4 Å². The highest BCUT2D eigenvalue weighted by atomic mass is 35.5. The lowest BCUT2D eigenvalue weighted by atomic mass is 10.1. The van der Waals surface area contributed by atoms with Gasteiger partial charge in [-0.2, -0.15) is 15.1 Å². The molecule has 0 fully saturated rings. The molecule has 2 aromatic heterocycles. The minimum absolute atomic E-state index is 0.0498. The number of ether oxygens (including phenoxy) is 1. The van der Waals surface area contributed by atoms with Crippen molar-refractivity contribution in [2.45, 2.75) is 46.1 Å². The fraction of sp³-hybridized carbons (Fsp3) is 0.381. The molecule has 0 atom stereocenters. The van der Waals surface area contributed by atoms with Crippen molar-refractivity contribution in [2.24, 2.45) is 0 Å². The number of halogens is 3. The molecular formula is C21H24ClF2N5O. The van der Waals surface area contributed by atoms with E-state index in [9.17, 15) is 8.78 Å². The first-order chi connectivity index (χ1) is 14.4. The molecule has 3 aromatic rings. The molecule has 160 valence electrons. The van der Waals surface area contributed by atoms with Gasteiger partial charge >= 0.3 is 0 Å². The molecule has 0 aliphatic rings. The zero-order valence-corrected chi connectivity index (χ0v) is 17.9. The lowest BCUT2D eigenvalue weighted by Gasteiger charge is -2.17. The van der Waals surface area contributed by atoms with Crippen molar-refractivity contribution in [2.75, 3.05) is 11.9 Å². The summed E-state index contributed by atoms with van der Waals surface area (Å²) in [4.78, 5) is 8.58. The molecule has 0 radical (unpaired) electrons. The van der Waals surface area contributed by atoms with Gasteiger partial charge in [0.2, 0.25) is 0 Å². The second kappa shape index (κ2) is 9.84. The predicted octanol–water partition coefficient (Wildman–Crippen LogP) is 5.65. The van der Waals surface area contributed by atoms with Gasteiger partial charge in [-0.05, 0) is 26.3 Å². The summed E-state index contributed by atoms with van der Waals surface area (Å²) in [5, 5.41) is 7.08. The Morgan fingerprint density at radius 3 is 2.47 bits per heavy atom. The van der Waals surface area contributed by atoms with E-state index in [1.165, 1.54) is 4.68 Å². The molecule has 1 N–H and O–H groups in total. The highest BCUT2D eigenvalue weighted by Crippen LogP contribution is 2.38. The van der Waals surface area contributed by atoms with Crippen LogP contribution in [0.1, 0.15) is 40.0 Å². The maximum Gasteiger partial charge on any atom is 0.253 e. The number of nitrogens with zero attached hydrogens (tertiary/aromatic N) is 4. The number of unbranched alkanes of at least 4 members (excludes halogenated alkanes) is 2. The lowest BCUT2D eigenvalue weighted by molar-refractivity contribution is 0.303. The average Bonchev–Trinajstić information content (AvgIpc) is 3.21. The fourth-order valence-corrected chi connectivity index (χ4v) is 3.19. The van der Waals surface area contributed by atoms with E-state index in [1.807, 2.05) is 13.8 Å². The second-order valence-electron chi connectivity index (χ2n) is 7.11. The van der Waals surface area contributed by atoms with Crippen molar-refractivity contribution in [3.8, 4) is 22.8 Å². The third kappa shape index (κ3) is 5.05. The molecular weight excluding hydrogens is 412 g/mol. The molecule has 0 saturated carbocycles. The van der Waals surface area contributed by atoms with Crippen LogP contribution in [0, 0.1) is 11.6 Å². The van der Waals surface area contributed by atoms with E-state index in [1.54, 1.807) is 18.5 Å². The SMILES string of the molecule is CCCCCOc1cc(F)c(-c2c(Cl)nc(-n3cccn3)nc2NC(C)C)c(F)c1. The smallest absolute Gasteiger partial charge is 0.253 e. The van der Waals surface area contributed by atoms with Gasteiger partial charge in [0.05, 0.1) is 17.7 Å². The highest BCUT2D eigenvalue weighted by Gasteiger charge is 2.24. The summed E-state index contributed by atoms with van der Waals surface area (Å²) in [6, 6.07) is 3.95. The lowest BCUT2D eigenvalue weighted by Crippen LogP contribution is -2.15. The number of benzene rings is 1. The topological polar surface area (TPSA) is 64.9 Å². The van der Waals surface area contributed by atoms with Crippen LogP contribution in [0.5, 0.6) is 5.75 Å². The highest BCUT2D eigenvalue weighted by molar-refractivity contribution is 6.32. The molecule has 0 aliphatic heterocycles. The standard InChI is InChI=1S/C21H24ClF2N5O/c1-4-5-6-10-30-14-11-15(23)17(16(24)12-14)18-19(22)27-21(29-9-7-8-25-29)28-20(18)26-13(2)3/h7-9,11-13H,4-6,10H2,1-3H3,(H,26,27,28). The monoisotopic (exact) mass is 435 g/mol. The molecule has 3 rings (SSSR count). The summed E-state index contributed by atoms with van der Waals surface area (Å²) in [7, 11) is 0. The number of nitrogens with one attached hydrogen (secondary N) is 1. The quantitative estimate of drug-likeness (QED) is 0.347. The Hall–Kier alpha value is -2.74. The summed E-state index contributed by atoms with van der Waals surface area (Å²) >= 11 is 6.37. The summed E-state index contributed by atoms with van der Waals surface area (Å²) in [5.41, 5.74) is -0.259. The molecule has 30 heavy (non-hydrogen) atoms. The van der Waals surface area contributed by atoms with E-state index in [4.69, 9.17) is 16.3 Å². The Bertz CT molecular complexity index is 972. The number of hydrogen-bond donors (Lipinski definition) is 1. The van der Waals surface area contributed by atoms with E-state index >= 15 is 0 Å². The summed E-state index contributed by atoms with van der Waals surface area (Å²) in [6.07, 6.45) is 6.06. The van der Waals surface area contributed by atoms with Gasteiger partial charge in [-0.25, -0.2) is 13.5 Å². The van der Waals surface area contributed by atoms with E-state index in [0.717, 1.165) is 31.4 Å². The minimum Gasteiger partial charge on any atom is -0.493 e. The van der Waals surface area contributed by atoms with Crippen molar-refractivity contribution in [3.63, 3.8) is 0 Å². The predicted molar refractivity (Wildman–Crippen MR) is 113 cm³/mol. The molecule has 1 aromatic carbocycles. The third-order valence-electron chi connectivity index (χ3n) is 4.27. The van der Waals surface area contributed by atoms with Gasteiger partial charge in [-0.1, -0.05) is 31.4 Å². The summed E-state index contributed by atoms with van der Waals surface area (Å²) in [6.45, 7) is 6.23. The van der Waals surface area contributed by atoms with Crippen molar-refractivity contribution in [1.82, 2.24) is 19.7 Å². The first kappa shape index (κ1) is 22.0. The van der Waals surface area contributed by atoms with Crippen molar-refractivity contribution < 1.29 is 13.5 Å². The molecule has 0 saturated heterocycles. The van der Waals surface area contributed by atoms with Crippen molar-refractivity contribution >= 4 is 17.4 Å². The van der Waals surface area contributed by atoms with Gasteiger partial charge in [0, 0.05) is 30.6 Å². The molecule has 9 heteroatoms. The first-order valence-corrected chi connectivity index (χ1v) is 10.2. The van der Waals surface area contributed by atoms with Gasteiger partial charge in [0.25, 0.3) is 5.95 Å².